The van der Waals surface area contributed by atoms with Crippen LogP contribution in [0.4, 0.5) is 4.79 Å². The molecule has 7 heteroatoms. The number of alkyl carbamates (subject to hydrolysis) is 1. The fraction of sp³-hybridized carbons (Fsp3) is 0.667. The van der Waals surface area contributed by atoms with Crippen molar-refractivity contribution in [1.82, 2.24) is 5.32 Å². The first-order valence-electron chi connectivity index (χ1n) is 9.59. The molecule has 1 aromatic carbocycles. The molecule has 1 aliphatic carbocycles. The van der Waals surface area contributed by atoms with Gasteiger partial charge >= 0.3 is 6.09 Å². The van der Waals surface area contributed by atoms with E-state index < -0.39 is 29.7 Å². The van der Waals surface area contributed by atoms with Crippen LogP contribution in [-0.2, 0) is 16.0 Å². The summed E-state index contributed by atoms with van der Waals surface area (Å²) in [6.45, 7) is 8.85. The van der Waals surface area contributed by atoms with Gasteiger partial charge in [-0.15, -0.1) is 0 Å². The van der Waals surface area contributed by atoms with Gasteiger partial charge in [-0.25, -0.2) is 4.79 Å². The Morgan fingerprint density at radius 3 is 2.43 bits per heavy atom. The van der Waals surface area contributed by atoms with E-state index in [9.17, 15) is 15.0 Å². The van der Waals surface area contributed by atoms with Gasteiger partial charge in [0.1, 0.15) is 11.4 Å². The molecule has 1 aromatic rings. The first-order chi connectivity index (χ1) is 12.9. The van der Waals surface area contributed by atoms with Gasteiger partial charge in [-0.05, 0) is 76.6 Å². The standard InChI is InChI=1S/C21H33NO6/c1-20(2,3)28-19(24)22-12-13-7-14(9-16(8-13)26-6)15-10-17(23)18(11-15)27-21(4,5)25/h7-9,15,17-18,23,25H,10-12H2,1-6H3,(H,22,24)/t15?,17-,18+/m0/s1. The number of hydrogen-bond acceptors (Lipinski definition) is 6. The van der Waals surface area contributed by atoms with Crippen LogP contribution in [0.2, 0.25) is 0 Å². The maximum Gasteiger partial charge on any atom is 0.407 e. The Balaban J connectivity index is 2.09. The topological polar surface area (TPSA) is 97.3 Å². The third kappa shape index (κ3) is 6.96. The number of benzene rings is 1. The zero-order valence-corrected chi connectivity index (χ0v) is 17.6. The molecule has 3 atom stereocenters. The average molecular weight is 395 g/mol. The second-order valence-corrected chi connectivity index (χ2v) is 8.81. The number of carbonyl (C=O) groups is 1. The van der Waals surface area contributed by atoms with E-state index in [0.29, 0.717) is 25.1 Å². The van der Waals surface area contributed by atoms with Crippen LogP contribution < -0.4 is 10.1 Å². The summed E-state index contributed by atoms with van der Waals surface area (Å²) in [6, 6.07) is 5.78. The summed E-state index contributed by atoms with van der Waals surface area (Å²) < 4.78 is 16.2. The highest BCUT2D eigenvalue weighted by Crippen LogP contribution is 2.39. The predicted octanol–water partition coefficient (Wildman–Crippen LogP) is 3.07. The first kappa shape index (κ1) is 22.5. The summed E-state index contributed by atoms with van der Waals surface area (Å²) >= 11 is 0. The second-order valence-electron chi connectivity index (χ2n) is 8.81. The van der Waals surface area contributed by atoms with Crippen LogP contribution in [0.5, 0.6) is 5.75 Å². The van der Waals surface area contributed by atoms with Crippen molar-refractivity contribution in [3.05, 3.63) is 29.3 Å². The lowest BCUT2D eigenvalue weighted by Crippen LogP contribution is -2.34. The third-order valence-corrected chi connectivity index (χ3v) is 4.44. The number of methoxy groups -OCH3 is 1. The van der Waals surface area contributed by atoms with Crippen LogP contribution in [-0.4, -0.2) is 47.0 Å². The Bertz CT molecular complexity index is 676. The van der Waals surface area contributed by atoms with E-state index in [4.69, 9.17) is 14.2 Å². The molecule has 28 heavy (non-hydrogen) atoms. The van der Waals surface area contributed by atoms with Crippen molar-refractivity contribution in [1.29, 1.82) is 0 Å². The highest BCUT2D eigenvalue weighted by atomic mass is 16.6. The SMILES string of the molecule is COc1cc(CNC(=O)OC(C)(C)C)cc(C2C[C@H](O)[C@H](OC(C)(C)O)C2)c1. The van der Waals surface area contributed by atoms with Crippen molar-refractivity contribution in [3.8, 4) is 5.75 Å². The van der Waals surface area contributed by atoms with Gasteiger partial charge in [-0.3, -0.25) is 0 Å². The van der Waals surface area contributed by atoms with Crippen molar-refractivity contribution < 1.29 is 29.2 Å². The normalized spacial score (nSPS) is 22.8. The minimum Gasteiger partial charge on any atom is -0.497 e. The summed E-state index contributed by atoms with van der Waals surface area (Å²) in [7, 11) is 1.59. The van der Waals surface area contributed by atoms with Crippen molar-refractivity contribution in [2.24, 2.45) is 0 Å². The third-order valence-electron chi connectivity index (χ3n) is 4.44. The number of rotatable bonds is 6. The van der Waals surface area contributed by atoms with Gasteiger partial charge in [-0.1, -0.05) is 6.07 Å². The maximum atomic E-state index is 11.9. The molecule has 2 rings (SSSR count). The van der Waals surface area contributed by atoms with Gasteiger partial charge in [0, 0.05) is 6.54 Å². The minimum atomic E-state index is -1.29. The van der Waals surface area contributed by atoms with Gasteiger partial charge < -0.3 is 29.7 Å². The zero-order chi connectivity index (χ0) is 21.1. The van der Waals surface area contributed by atoms with Crippen LogP contribution in [0.3, 0.4) is 0 Å². The maximum absolute atomic E-state index is 11.9. The second kappa shape index (κ2) is 8.68. The van der Waals surface area contributed by atoms with Crippen molar-refractivity contribution in [3.63, 3.8) is 0 Å². The molecule has 0 heterocycles. The van der Waals surface area contributed by atoms with Crippen molar-refractivity contribution >= 4 is 6.09 Å². The molecule has 1 saturated carbocycles. The van der Waals surface area contributed by atoms with Gasteiger partial charge in [-0.2, -0.15) is 0 Å². The number of amides is 1. The fourth-order valence-electron chi connectivity index (χ4n) is 3.38. The van der Waals surface area contributed by atoms with Gasteiger partial charge in [0.25, 0.3) is 0 Å². The molecule has 7 nitrogen and oxygen atoms in total. The minimum absolute atomic E-state index is 0.0673. The van der Waals surface area contributed by atoms with Gasteiger partial charge in [0.05, 0.1) is 19.3 Å². The Morgan fingerprint density at radius 2 is 1.86 bits per heavy atom. The number of hydrogen-bond donors (Lipinski definition) is 3. The lowest BCUT2D eigenvalue weighted by atomic mass is 9.95. The largest absolute Gasteiger partial charge is 0.497 e. The van der Waals surface area contributed by atoms with Gasteiger partial charge in [0.2, 0.25) is 0 Å². The molecule has 158 valence electrons. The quantitative estimate of drug-likeness (QED) is 0.641. The molecule has 0 aliphatic heterocycles. The lowest BCUT2D eigenvalue weighted by Gasteiger charge is -2.25. The highest BCUT2D eigenvalue weighted by Gasteiger charge is 2.37. The number of carbonyl (C=O) groups excluding carboxylic acids is 1. The zero-order valence-electron chi connectivity index (χ0n) is 17.6. The van der Waals surface area contributed by atoms with Crippen LogP contribution in [0.1, 0.15) is 64.5 Å². The van der Waals surface area contributed by atoms with E-state index in [1.54, 1.807) is 21.0 Å². The molecule has 0 bridgehead atoms. The molecule has 0 saturated heterocycles. The van der Waals surface area contributed by atoms with Crippen LogP contribution >= 0.6 is 0 Å². The number of aliphatic hydroxyl groups is 2. The van der Waals surface area contributed by atoms with E-state index in [1.807, 2.05) is 39.0 Å². The van der Waals surface area contributed by atoms with E-state index in [-0.39, 0.29) is 5.92 Å². The lowest BCUT2D eigenvalue weighted by molar-refractivity contribution is -0.219. The summed E-state index contributed by atoms with van der Waals surface area (Å²) in [5, 5.41) is 22.9. The highest BCUT2D eigenvalue weighted by molar-refractivity contribution is 5.67. The number of aliphatic hydroxyl groups excluding tert-OH is 1. The van der Waals surface area contributed by atoms with Crippen LogP contribution in [0, 0.1) is 0 Å². The summed E-state index contributed by atoms with van der Waals surface area (Å²) in [5.74, 6) is -0.546. The Hall–Kier alpha value is -1.83. The number of ether oxygens (including phenoxy) is 3. The molecule has 3 N–H and O–H groups in total. The smallest absolute Gasteiger partial charge is 0.407 e. The van der Waals surface area contributed by atoms with Crippen LogP contribution in [0.15, 0.2) is 18.2 Å². The summed E-state index contributed by atoms with van der Waals surface area (Å²) in [4.78, 5) is 11.9. The van der Waals surface area contributed by atoms with Crippen LogP contribution in [0.25, 0.3) is 0 Å². The Kier molecular flexibility index (Phi) is 6.96. The van der Waals surface area contributed by atoms with E-state index in [1.165, 1.54) is 0 Å². The molecule has 0 spiro atoms. The monoisotopic (exact) mass is 395 g/mol. The molecular formula is C21H33NO6. The molecule has 0 aromatic heterocycles. The Labute approximate surface area is 167 Å². The van der Waals surface area contributed by atoms with E-state index >= 15 is 0 Å². The predicted molar refractivity (Wildman–Crippen MR) is 105 cm³/mol. The molecular weight excluding hydrogens is 362 g/mol. The van der Waals surface area contributed by atoms with E-state index in [0.717, 1.165) is 11.1 Å². The molecule has 0 radical (unpaired) electrons. The van der Waals surface area contributed by atoms with Crippen molar-refractivity contribution in [2.75, 3.05) is 7.11 Å². The summed E-state index contributed by atoms with van der Waals surface area (Å²) in [6.07, 6.45) is -0.429. The fourth-order valence-corrected chi connectivity index (χ4v) is 3.38. The van der Waals surface area contributed by atoms with E-state index in [2.05, 4.69) is 5.32 Å². The number of nitrogens with one attached hydrogen (secondary N) is 1. The van der Waals surface area contributed by atoms with Crippen molar-refractivity contribution in [2.45, 2.75) is 83.5 Å². The molecule has 1 unspecified atom stereocenters. The first-order valence-corrected chi connectivity index (χ1v) is 9.59. The molecule has 1 amide bonds. The average Bonchev–Trinajstić information content (AvgIpc) is 2.90. The Morgan fingerprint density at radius 1 is 1.18 bits per heavy atom. The van der Waals surface area contributed by atoms with Gasteiger partial charge in [0.15, 0.2) is 5.79 Å². The molecule has 1 aliphatic rings. The summed E-state index contributed by atoms with van der Waals surface area (Å²) in [5.41, 5.74) is 1.32. The molecule has 1 fully saturated rings.